The summed E-state index contributed by atoms with van der Waals surface area (Å²) in [7, 11) is 2.91. The van der Waals surface area contributed by atoms with Gasteiger partial charge in [0.1, 0.15) is 11.8 Å². The number of benzene rings is 1. The molecule has 1 aromatic carbocycles. The Labute approximate surface area is 118 Å². The molecule has 0 N–H and O–H groups in total. The molecule has 20 heavy (non-hydrogen) atoms. The maximum Gasteiger partial charge on any atom is 0.328 e. The first-order valence-corrected chi connectivity index (χ1v) is 6.70. The van der Waals surface area contributed by atoms with E-state index in [1.54, 1.807) is 36.3 Å². The van der Waals surface area contributed by atoms with Crippen molar-refractivity contribution >= 4 is 11.9 Å². The molecule has 108 valence electrons. The molecule has 5 nitrogen and oxygen atoms in total. The van der Waals surface area contributed by atoms with Gasteiger partial charge < -0.3 is 14.4 Å². The first-order valence-electron chi connectivity index (χ1n) is 6.70. The number of piperidine rings is 1. The number of ether oxygens (including phenoxy) is 2. The molecule has 1 aliphatic heterocycles. The summed E-state index contributed by atoms with van der Waals surface area (Å²) in [4.78, 5) is 26.0. The largest absolute Gasteiger partial charge is 0.497 e. The number of rotatable bonds is 3. The van der Waals surface area contributed by atoms with Crippen molar-refractivity contribution in [3.63, 3.8) is 0 Å². The third kappa shape index (κ3) is 2.92. The molecule has 0 unspecified atom stereocenters. The van der Waals surface area contributed by atoms with E-state index < -0.39 is 6.04 Å². The van der Waals surface area contributed by atoms with Crippen molar-refractivity contribution in [2.45, 2.75) is 25.3 Å². The Kier molecular flexibility index (Phi) is 4.61. The molecule has 0 aromatic heterocycles. The predicted octanol–water partition coefficient (Wildman–Crippen LogP) is 1.86. The summed E-state index contributed by atoms with van der Waals surface area (Å²) in [6.45, 7) is 0.579. The van der Waals surface area contributed by atoms with E-state index in [2.05, 4.69) is 0 Å². The molecule has 1 atom stereocenters. The minimum absolute atomic E-state index is 0.154. The van der Waals surface area contributed by atoms with Gasteiger partial charge in [-0.2, -0.15) is 0 Å². The fraction of sp³-hybridized carbons (Fsp3) is 0.467. The van der Waals surface area contributed by atoms with E-state index in [-0.39, 0.29) is 11.9 Å². The summed E-state index contributed by atoms with van der Waals surface area (Å²) >= 11 is 0. The highest BCUT2D eigenvalue weighted by Gasteiger charge is 2.33. The maximum absolute atomic E-state index is 12.6. The molecule has 0 bridgehead atoms. The van der Waals surface area contributed by atoms with Gasteiger partial charge in [-0.15, -0.1) is 0 Å². The zero-order valence-corrected chi connectivity index (χ0v) is 11.8. The molecule has 1 heterocycles. The lowest BCUT2D eigenvalue weighted by molar-refractivity contribution is -0.147. The zero-order valence-electron chi connectivity index (χ0n) is 11.8. The van der Waals surface area contributed by atoms with Crippen LogP contribution >= 0.6 is 0 Å². The van der Waals surface area contributed by atoms with Crippen LogP contribution in [-0.4, -0.2) is 43.6 Å². The molecule has 1 fully saturated rings. The number of nitrogens with zero attached hydrogens (tertiary/aromatic N) is 1. The number of esters is 1. The standard InChI is InChI=1S/C15H19NO4/c1-19-12-7-5-6-11(10-12)14(17)16-9-4-3-8-13(16)15(18)20-2/h5-7,10,13H,3-4,8-9H2,1-2H3/t13-/m1/s1. The molecule has 1 saturated heterocycles. The number of hydrogen-bond acceptors (Lipinski definition) is 4. The van der Waals surface area contributed by atoms with Gasteiger partial charge in [0.05, 0.1) is 14.2 Å². The number of amides is 1. The average molecular weight is 277 g/mol. The Morgan fingerprint density at radius 2 is 2.05 bits per heavy atom. The quantitative estimate of drug-likeness (QED) is 0.791. The van der Waals surface area contributed by atoms with Crippen LogP contribution in [0.15, 0.2) is 24.3 Å². The number of carbonyl (C=O) groups excluding carboxylic acids is 2. The Bertz CT molecular complexity index is 500. The molecule has 1 aliphatic rings. The molecule has 0 aliphatic carbocycles. The lowest BCUT2D eigenvalue weighted by Crippen LogP contribution is -2.48. The third-order valence-electron chi connectivity index (χ3n) is 3.55. The van der Waals surface area contributed by atoms with Crippen LogP contribution in [0.25, 0.3) is 0 Å². The molecule has 0 saturated carbocycles. The minimum Gasteiger partial charge on any atom is -0.497 e. The van der Waals surface area contributed by atoms with Gasteiger partial charge in [-0.3, -0.25) is 4.79 Å². The van der Waals surface area contributed by atoms with Crippen LogP contribution in [-0.2, 0) is 9.53 Å². The Morgan fingerprint density at radius 1 is 1.25 bits per heavy atom. The molecule has 5 heteroatoms. The van der Waals surface area contributed by atoms with Gasteiger partial charge in [0, 0.05) is 12.1 Å². The number of hydrogen-bond donors (Lipinski definition) is 0. The lowest BCUT2D eigenvalue weighted by Gasteiger charge is -2.33. The van der Waals surface area contributed by atoms with Crippen LogP contribution in [0.4, 0.5) is 0 Å². The lowest BCUT2D eigenvalue weighted by atomic mass is 10.0. The first kappa shape index (κ1) is 14.4. The van der Waals surface area contributed by atoms with Crippen LogP contribution in [0, 0.1) is 0 Å². The molecular formula is C15H19NO4. The molecular weight excluding hydrogens is 258 g/mol. The van der Waals surface area contributed by atoms with Crippen LogP contribution in [0.1, 0.15) is 29.6 Å². The van der Waals surface area contributed by atoms with E-state index in [0.717, 1.165) is 12.8 Å². The van der Waals surface area contributed by atoms with Crippen molar-refractivity contribution < 1.29 is 19.1 Å². The molecule has 2 rings (SSSR count). The van der Waals surface area contributed by atoms with E-state index >= 15 is 0 Å². The predicted molar refractivity (Wildman–Crippen MR) is 73.7 cm³/mol. The van der Waals surface area contributed by atoms with E-state index in [1.165, 1.54) is 7.11 Å². The minimum atomic E-state index is -0.479. The van der Waals surface area contributed by atoms with Crippen LogP contribution in [0.2, 0.25) is 0 Å². The van der Waals surface area contributed by atoms with E-state index in [4.69, 9.17) is 9.47 Å². The second-order valence-electron chi connectivity index (χ2n) is 4.77. The van der Waals surface area contributed by atoms with E-state index in [9.17, 15) is 9.59 Å². The topological polar surface area (TPSA) is 55.8 Å². The van der Waals surface area contributed by atoms with Crippen molar-refractivity contribution in [3.8, 4) is 5.75 Å². The zero-order chi connectivity index (χ0) is 14.5. The molecule has 0 spiro atoms. The highest BCUT2D eigenvalue weighted by molar-refractivity contribution is 5.97. The van der Waals surface area contributed by atoms with Crippen LogP contribution in [0.5, 0.6) is 5.75 Å². The van der Waals surface area contributed by atoms with Gasteiger partial charge in [-0.05, 0) is 37.5 Å². The fourth-order valence-corrected chi connectivity index (χ4v) is 2.48. The number of carbonyl (C=O) groups is 2. The van der Waals surface area contributed by atoms with Gasteiger partial charge in [0.25, 0.3) is 5.91 Å². The molecule has 1 amide bonds. The summed E-state index contributed by atoms with van der Waals surface area (Å²) < 4.78 is 9.92. The second-order valence-corrected chi connectivity index (χ2v) is 4.77. The number of likely N-dealkylation sites (tertiary alicyclic amines) is 1. The van der Waals surface area contributed by atoms with Gasteiger partial charge in [0.15, 0.2) is 0 Å². The summed E-state index contributed by atoms with van der Waals surface area (Å²) in [5, 5.41) is 0. The van der Waals surface area contributed by atoms with Crippen molar-refractivity contribution in [2.75, 3.05) is 20.8 Å². The first-order chi connectivity index (χ1) is 9.67. The van der Waals surface area contributed by atoms with Gasteiger partial charge >= 0.3 is 5.97 Å². The Balaban J connectivity index is 2.22. The smallest absolute Gasteiger partial charge is 0.328 e. The highest BCUT2D eigenvalue weighted by atomic mass is 16.5. The SMILES string of the molecule is COC(=O)[C@H]1CCCCN1C(=O)c1cccc(OC)c1. The van der Waals surface area contributed by atoms with Crippen molar-refractivity contribution in [2.24, 2.45) is 0 Å². The van der Waals surface area contributed by atoms with Crippen LogP contribution in [0.3, 0.4) is 0 Å². The summed E-state index contributed by atoms with van der Waals surface area (Å²) in [6, 6.07) is 6.49. The highest BCUT2D eigenvalue weighted by Crippen LogP contribution is 2.22. The van der Waals surface area contributed by atoms with E-state index in [0.29, 0.717) is 24.3 Å². The third-order valence-corrected chi connectivity index (χ3v) is 3.55. The van der Waals surface area contributed by atoms with Gasteiger partial charge in [-0.1, -0.05) is 6.07 Å². The van der Waals surface area contributed by atoms with Crippen molar-refractivity contribution in [1.29, 1.82) is 0 Å². The molecule has 1 aromatic rings. The Morgan fingerprint density at radius 3 is 2.75 bits per heavy atom. The fourth-order valence-electron chi connectivity index (χ4n) is 2.48. The molecule has 0 radical (unpaired) electrons. The summed E-state index contributed by atoms with van der Waals surface area (Å²) in [6.07, 6.45) is 2.49. The van der Waals surface area contributed by atoms with Crippen LogP contribution < -0.4 is 4.74 Å². The van der Waals surface area contributed by atoms with Crippen molar-refractivity contribution in [1.82, 2.24) is 4.90 Å². The van der Waals surface area contributed by atoms with E-state index in [1.807, 2.05) is 0 Å². The Hall–Kier alpha value is -2.04. The number of methoxy groups -OCH3 is 2. The normalized spacial score (nSPS) is 18.5. The average Bonchev–Trinajstić information content (AvgIpc) is 2.53. The maximum atomic E-state index is 12.6. The monoisotopic (exact) mass is 277 g/mol. The second kappa shape index (κ2) is 6.41. The summed E-state index contributed by atoms with van der Waals surface area (Å²) in [5.74, 6) is 0.127. The van der Waals surface area contributed by atoms with Gasteiger partial charge in [0.2, 0.25) is 0 Å². The van der Waals surface area contributed by atoms with Gasteiger partial charge in [-0.25, -0.2) is 4.79 Å². The summed E-state index contributed by atoms with van der Waals surface area (Å²) in [5.41, 5.74) is 0.528. The van der Waals surface area contributed by atoms with Crippen molar-refractivity contribution in [3.05, 3.63) is 29.8 Å².